The van der Waals surface area contributed by atoms with Crippen LogP contribution in [0.25, 0.3) is 0 Å². The fraction of sp³-hybridized carbons (Fsp3) is 0.538. The van der Waals surface area contributed by atoms with E-state index in [2.05, 4.69) is 0 Å². The number of aliphatic hydroxyl groups excluding tert-OH is 2. The van der Waals surface area contributed by atoms with Gasteiger partial charge in [0.25, 0.3) is 0 Å². The van der Waals surface area contributed by atoms with Crippen molar-refractivity contribution in [2.45, 2.75) is 26.4 Å². The summed E-state index contributed by atoms with van der Waals surface area (Å²) in [5.41, 5.74) is 1.09. The van der Waals surface area contributed by atoms with E-state index in [1.165, 1.54) is 6.07 Å². The van der Waals surface area contributed by atoms with Crippen LogP contribution in [0.5, 0.6) is 0 Å². The molecule has 0 aliphatic rings. The number of hydrogen-bond donors (Lipinski definition) is 2. The molecule has 1 unspecified atom stereocenters. The van der Waals surface area contributed by atoms with E-state index in [4.69, 9.17) is 5.11 Å². The highest BCUT2D eigenvalue weighted by atomic mass is 19.1. The molecule has 3 nitrogen and oxygen atoms in total. The molecular weight excluding hydrogens is 221 g/mol. The largest absolute Gasteiger partial charge is 0.396 e. The molecule has 2 N–H and O–H groups in total. The third kappa shape index (κ3) is 3.68. The average molecular weight is 241 g/mol. The van der Waals surface area contributed by atoms with Gasteiger partial charge in [0.15, 0.2) is 0 Å². The minimum Gasteiger partial charge on any atom is -0.396 e. The van der Waals surface area contributed by atoms with Gasteiger partial charge >= 0.3 is 0 Å². The summed E-state index contributed by atoms with van der Waals surface area (Å²) < 4.78 is 13.9. The molecule has 17 heavy (non-hydrogen) atoms. The monoisotopic (exact) mass is 241 g/mol. The standard InChI is InChI=1S/C13H20FNO2/c1-3-15(7-4-8-16)13-6-5-11(10(2)17)9-12(13)14/h5-6,9-10,16-17H,3-4,7-8H2,1-2H3. The molecule has 1 rings (SSSR count). The third-order valence-electron chi connectivity index (χ3n) is 2.76. The van der Waals surface area contributed by atoms with Gasteiger partial charge in [0.05, 0.1) is 11.8 Å². The zero-order chi connectivity index (χ0) is 12.8. The van der Waals surface area contributed by atoms with Crippen molar-refractivity contribution in [3.05, 3.63) is 29.6 Å². The van der Waals surface area contributed by atoms with Crippen LogP contribution in [0, 0.1) is 5.82 Å². The lowest BCUT2D eigenvalue weighted by Crippen LogP contribution is -2.25. The van der Waals surface area contributed by atoms with Gasteiger partial charge in [0, 0.05) is 19.7 Å². The van der Waals surface area contributed by atoms with Crippen LogP contribution in [0.4, 0.5) is 10.1 Å². The van der Waals surface area contributed by atoms with Gasteiger partial charge in [-0.3, -0.25) is 0 Å². The second kappa shape index (κ2) is 6.57. The molecule has 0 fully saturated rings. The van der Waals surface area contributed by atoms with Crippen molar-refractivity contribution in [3.63, 3.8) is 0 Å². The molecular formula is C13H20FNO2. The van der Waals surface area contributed by atoms with Crippen LogP contribution in [0.1, 0.15) is 31.9 Å². The van der Waals surface area contributed by atoms with E-state index in [0.29, 0.717) is 30.8 Å². The molecule has 0 amide bonds. The van der Waals surface area contributed by atoms with Gasteiger partial charge in [0.1, 0.15) is 5.82 Å². The Kier molecular flexibility index (Phi) is 5.38. The van der Waals surface area contributed by atoms with Gasteiger partial charge in [-0.1, -0.05) is 6.07 Å². The van der Waals surface area contributed by atoms with Gasteiger partial charge in [-0.05, 0) is 38.0 Å². The summed E-state index contributed by atoms with van der Waals surface area (Å²) in [6.07, 6.45) is -0.0445. The van der Waals surface area contributed by atoms with E-state index in [-0.39, 0.29) is 12.4 Å². The molecule has 0 aliphatic carbocycles. The fourth-order valence-electron chi connectivity index (χ4n) is 1.75. The highest BCUT2D eigenvalue weighted by Crippen LogP contribution is 2.23. The highest BCUT2D eigenvalue weighted by Gasteiger charge is 2.11. The first-order chi connectivity index (χ1) is 8.10. The molecule has 0 saturated carbocycles. The Morgan fingerprint density at radius 3 is 2.59 bits per heavy atom. The average Bonchev–Trinajstić information content (AvgIpc) is 2.31. The molecule has 0 radical (unpaired) electrons. The molecule has 0 aliphatic heterocycles. The Bertz CT molecular complexity index is 355. The van der Waals surface area contributed by atoms with E-state index in [9.17, 15) is 9.50 Å². The fourth-order valence-corrected chi connectivity index (χ4v) is 1.75. The maximum absolute atomic E-state index is 13.9. The van der Waals surface area contributed by atoms with Gasteiger partial charge in [0.2, 0.25) is 0 Å². The van der Waals surface area contributed by atoms with Crippen molar-refractivity contribution in [2.24, 2.45) is 0 Å². The van der Waals surface area contributed by atoms with Crippen LogP contribution >= 0.6 is 0 Å². The number of anilines is 1. The predicted octanol–water partition coefficient (Wildman–Crippen LogP) is 2.09. The molecule has 0 spiro atoms. The van der Waals surface area contributed by atoms with Crippen molar-refractivity contribution in [3.8, 4) is 0 Å². The lowest BCUT2D eigenvalue weighted by atomic mass is 10.1. The SMILES string of the molecule is CCN(CCCO)c1ccc(C(C)O)cc1F. The van der Waals surface area contributed by atoms with Gasteiger partial charge in [-0.25, -0.2) is 4.39 Å². The molecule has 0 heterocycles. The topological polar surface area (TPSA) is 43.7 Å². The summed E-state index contributed by atoms with van der Waals surface area (Å²) in [5.74, 6) is -0.330. The van der Waals surface area contributed by atoms with E-state index in [1.54, 1.807) is 19.1 Å². The van der Waals surface area contributed by atoms with E-state index < -0.39 is 6.10 Å². The van der Waals surface area contributed by atoms with Crippen molar-refractivity contribution in [1.29, 1.82) is 0 Å². The second-order valence-electron chi connectivity index (χ2n) is 4.04. The van der Waals surface area contributed by atoms with E-state index in [0.717, 1.165) is 0 Å². The van der Waals surface area contributed by atoms with E-state index >= 15 is 0 Å². The number of aliphatic hydroxyl groups is 2. The maximum atomic E-state index is 13.9. The molecule has 1 atom stereocenters. The number of halogens is 1. The molecule has 1 aromatic rings. The Hall–Kier alpha value is -1.13. The van der Waals surface area contributed by atoms with Crippen molar-refractivity contribution >= 4 is 5.69 Å². The zero-order valence-corrected chi connectivity index (χ0v) is 10.4. The van der Waals surface area contributed by atoms with Crippen LogP contribution < -0.4 is 4.90 Å². The Balaban J connectivity index is 2.88. The van der Waals surface area contributed by atoms with Gasteiger partial charge < -0.3 is 15.1 Å². The Labute approximate surface area is 101 Å². The van der Waals surface area contributed by atoms with Gasteiger partial charge in [-0.15, -0.1) is 0 Å². The van der Waals surface area contributed by atoms with Gasteiger partial charge in [-0.2, -0.15) is 0 Å². The van der Waals surface area contributed by atoms with Crippen LogP contribution in [0.15, 0.2) is 18.2 Å². The van der Waals surface area contributed by atoms with Crippen LogP contribution in [-0.2, 0) is 0 Å². The van der Waals surface area contributed by atoms with Crippen LogP contribution in [-0.4, -0.2) is 29.9 Å². The summed E-state index contributed by atoms with van der Waals surface area (Å²) in [6, 6.07) is 4.77. The molecule has 1 aromatic carbocycles. The second-order valence-corrected chi connectivity index (χ2v) is 4.04. The van der Waals surface area contributed by atoms with Crippen molar-refractivity contribution < 1.29 is 14.6 Å². The number of benzene rings is 1. The van der Waals surface area contributed by atoms with Crippen LogP contribution in [0.2, 0.25) is 0 Å². The van der Waals surface area contributed by atoms with Crippen LogP contribution in [0.3, 0.4) is 0 Å². The molecule has 96 valence electrons. The first kappa shape index (κ1) is 13.9. The first-order valence-corrected chi connectivity index (χ1v) is 5.93. The summed E-state index contributed by atoms with van der Waals surface area (Å²) in [6.45, 7) is 4.96. The summed E-state index contributed by atoms with van der Waals surface area (Å²) in [7, 11) is 0. The smallest absolute Gasteiger partial charge is 0.146 e. The summed E-state index contributed by atoms with van der Waals surface area (Å²) >= 11 is 0. The maximum Gasteiger partial charge on any atom is 0.146 e. The number of hydrogen-bond acceptors (Lipinski definition) is 3. The number of nitrogens with zero attached hydrogens (tertiary/aromatic N) is 1. The molecule has 0 saturated heterocycles. The predicted molar refractivity (Wildman–Crippen MR) is 66.6 cm³/mol. The number of rotatable bonds is 6. The lowest BCUT2D eigenvalue weighted by Gasteiger charge is -2.23. The van der Waals surface area contributed by atoms with E-state index in [1.807, 2.05) is 11.8 Å². The highest BCUT2D eigenvalue weighted by molar-refractivity contribution is 5.49. The summed E-state index contributed by atoms with van der Waals surface area (Å²) in [4.78, 5) is 1.87. The molecule has 0 bridgehead atoms. The van der Waals surface area contributed by atoms with Crippen molar-refractivity contribution in [1.82, 2.24) is 0 Å². The summed E-state index contributed by atoms with van der Waals surface area (Å²) in [5, 5.41) is 18.2. The molecule has 4 heteroatoms. The third-order valence-corrected chi connectivity index (χ3v) is 2.76. The first-order valence-electron chi connectivity index (χ1n) is 5.93. The lowest BCUT2D eigenvalue weighted by molar-refractivity contribution is 0.199. The normalized spacial score (nSPS) is 12.5. The zero-order valence-electron chi connectivity index (χ0n) is 10.4. The van der Waals surface area contributed by atoms with Crippen molar-refractivity contribution in [2.75, 3.05) is 24.6 Å². The minimum absolute atomic E-state index is 0.101. The Morgan fingerprint density at radius 2 is 2.12 bits per heavy atom. The molecule has 0 aromatic heterocycles. The minimum atomic E-state index is -0.661. The quantitative estimate of drug-likeness (QED) is 0.801. The Morgan fingerprint density at radius 1 is 1.41 bits per heavy atom.